The van der Waals surface area contributed by atoms with Crippen molar-refractivity contribution in [1.29, 1.82) is 0 Å². The minimum absolute atomic E-state index is 0.0860. The number of piperidine rings is 1. The van der Waals surface area contributed by atoms with Crippen LogP contribution in [0.25, 0.3) is 0 Å². The van der Waals surface area contributed by atoms with E-state index in [0.717, 1.165) is 31.6 Å². The van der Waals surface area contributed by atoms with Gasteiger partial charge in [-0.15, -0.1) is 0 Å². The van der Waals surface area contributed by atoms with Crippen LogP contribution < -0.4 is 15.5 Å². The maximum Gasteiger partial charge on any atom is 0.343 e. The van der Waals surface area contributed by atoms with E-state index < -0.39 is 5.97 Å². The van der Waals surface area contributed by atoms with Crippen molar-refractivity contribution >= 4 is 23.5 Å². The van der Waals surface area contributed by atoms with Crippen molar-refractivity contribution in [2.24, 2.45) is 0 Å². The molecule has 0 radical (unpaired) electrons. The van der Waals surface area contributed by atoms with E-state index in [1.165, 1.54) is 0 Å². The van der Waals surface area contributed by atoms with Gasteiger partial charge in [0.25, 0.3) is 5.91 Å². The molecule has 2 aromatic rings. The lowest BCUT2D eigenvalue weighted by Gasteiger charge is -2.34. The number of hydrogen-bond acceptors (Lipinski definition) is 8. The molecule has 1 aromatic carbocycles. The van der Waals surface area contributed by atoms with Gasteiger partial charge in [-0.1, -0.05) is 0 Å². The average Bonchev–Trinajstić information content (AvgIpc) is 2.75. The van der Waals surface area contributed by atoms with Crippen LogP contribution in [0.15, 0.2) is 42.7 Å². The molecule has 28 heavy (non-hydrogen) atoms. The number of carbonyl (C=O) groups is 2. The Balaban J connectivity index is 1.46. The van der Waals surface area contributed by atoms with E-state index in [0.29, 0.717) is 17.6 Å². The number of benzene rings is 1. The summed E-state index contributed by atoms with van der Waals surface area (Å²) in [5.74, 6) is -0.404. The second-order valence-electron chi connectivity index (χ2n) is 6.49. The molecule has 0 atom stereocenters. The number of aromatic nitrogens is 2. The molecule has 0 spiro atoms. The summed E-state index contributed by atoms with van der Waals surface area (Å²) in [5, 5.41) is 14.2. The molecule has 1 saturated heterocycles. The summed E-state index contributed by atoms with van der Waals surface area (Å²) in [5.41, 5.74) is 1.58. The van der Waals surface area contributed by atoms with Gasteiger partial charge >= 0.3 is 5.97 Å². The maximum atomic E-state index is 12.1. The quantitative estimate of drug-likeness (QED) is 0.487. The highest BCUT2D eigenvalue weighted by atomic mass is 17.1. The average molecular weight is 385 g/mol. The number of hydrogen-bond donors (Lipinski definition) is 3. The Morgan fingerprint density at radius 1 is 1.14 bits per heavy atom. The van der Waals surface area contributed by atoms with Crippen LogP contribution in [0, 0.1) is 0 Å². The van der Waals surface area contributed by atoms with Crippen molar-refractivity contribution in [2.75, 3.05) is 29.9 Å². The summed E-state index contributed by atoms with van der Waals surface area (Å²) >= 11 is 0. The van der Waals surface area contributed by atoms with Crippen LogP contribution in [0.3, 0.4) is 0 Å². The van der Waals surface area contributed by atoms with Crippen LogP contribution in [-0.4, -0.2) is 52.8 Å². The fraction of sp³-hybridized carbons (Fsp3) is 0.368. The zero-order valence-electron chi connectivity index (χ0n) is 15.4. The second-order valence-corrected chi connectivity index (χ2v) is 6.49. The highest BCUT2D eigenvalue weighted by Crippen LogP contribution is 2.21. The maximum absolute atomic E-state index is 12.1. The minimum Gasteiger partial charge on any atom is -0.371 e. The molecule has 1 aliphatic rings. The van der Waals surface area contributed by atoms with Crippen LogP contribution >= 0.6 is 0 Å². The monoisotopic (exact) mass is 385 g/mol. The number of rotatable bonds is 7. The van der Waals surface area contributed by atoms with E-state index >= 15 is 0 Å². The third kappa shape index (κ3) is 5.40. The van der Waals surface area contributed by atoms with Crippen molar-refractivity contribution in [1.82, 2.24) is 15.3 Å². The molecule has 0 bridgehead atoms. The molecule has 1 aromatic heterocycles. The van der Waals surface area contributed by atoms with E-state index in [1.54, 1.807) is 30.6 Å². The van der Waals surface area contributed by atoms with Crippen molar-refractivity contribution in [3.8, 4) is 0 Å². The molecule has 1 aliphatic heterocycles. The number of nitrogens with one attached hydrogen (secondary N) is 2. The highest BCUT2D eigenvalue weighted by Gasteiger charge is 2.20. The summed E-state index contributed by atoms with van der Waals surface area (Å²) in [6, 6.07) is 9.50. The Morgan fingerprint density at radius 2 is 1.82 bits per heavy atom. The van der Waals surface area contributed by atoms with Gasteiger partial charge in [0.15, 0.2) is 0 Å². The number of amides is 1. The zero-order valence-corrected chi connectivity index (χ0v) is 15.4. The molecule has 1 amide bonds. The molecule has 9 nitrogen and oxygen atoms in total. The van der Waals surface area contributed by atoms with Crippen molar-refractivity contribution in [3.63, 3.8) is 0 Å². The summed E-state index contributed by atoms with van der Waals surface area (Å²) in [6.07, 6.45) is 5.31. The minimum atomic E-state index is -0.785. The third-order valence-corrected chi connectivity index (χ3v) is 4.61. The van der Waals surface area contributed by atoms with Gasteiger partial charge in [0.05, 0.1) is 6.42 Å². The Morgan fingerprint density at radius 3 is 2.46 bits per heavy atom. The van der Waals surface area contributed by atoms with Crippen molar-refractivity contribution < 1.29 is 19.7 Å². The van der Waals surface area contributed by atoms with Gasteiger partial charge in [-0.05, 0) is 43.2 Å². The lowest BCUT2D eigenvalue weighted by molar-refractivity contribution is -0.234. The Labute approximate surface area is 162 Å². The van der Waals surface area contributed by atoms with Crippen LogP contribution in [0.4, 0.5) is 11.6 Å². The molecular weight excluding hydrogens is 362 g/mol. The number of carbonyl (C=O) groups excluding carboxylic acids is 2. The molecule has 3 rings (SSSR count). The standard InChI is InChI=1S/C19H23N5O4/c25-17(28-27)6-11-20-18(26)14-2-4-16(5-3-14)24-12-7-15(8-13-24)23-19-21-9-1-10-22-19/h1-5,9-10,15,27H,6-8,11-13H2,(H,20,26)(H,21,22,23). The summed E-state index contributed by atoms with van der Waals surface area (Å²) in [6.45, 7) is 1.91. The summed E-state index contributed by atoms with van der Waals surface area (Å²) in [4.78, 5) is 37.1. The van der Waals surface area contributed by atoms with Gasteiger partial charge in [-0.25, -0.2) is 14.8 Å². The predicted molar refractivity (Wildman–Crippen MR) is 103 cm³/mol. The van der Waals surface area contributed by atoms with Gasteiger partial charge in [0.1, 0.15) is 0 Å². The molecule has 1 fully saturated rings. The van der Waals surface area contributed by atoms with Gasteiger partial charge in [0.2, 0.25) is 5.95 Å². The first-order valence-corrected chi connectivity index (χ1v) is 9.16. The molecule has 2 heterocycles. The topological polar surface area (TPSA) is 117 Å². The van der Waals surface area contributed by atoms with E-state index in [1.807, 2.05) is 12.1 Å². The van der Waals surface area contributed by atoms with Gasteiger partial charge < -0.3 is 20.4 Å². The molecule has 0 aliphatic carbocycles. The van der Waals surface area contributed by atoms with E-state index in [9.17, 15) is 9.59 Å². The van der Waals surface area contributed by atoms with Gasteiger partial charge in [-0.2, -0.15) is 5.26 Å². The first-order chi connectivity index (χ1) is 13.7. The molecule has 9 heteroatoms. The Hall–Kier alpha value is -3.20. The lowest BCUT2D eigenvalue weighted by atomic mass is 10.0. The van der Waals surface area contributed by atoms with E-state index in [-0.39, 0.29) is 18.9 Å². The predicted octanol–water partition coefficient (Wildman–Crippen LogP) is 1.69. The van der Waals surface area contributed by atoms with E-state index in [2.05, 4.69) is 30.4 Å². The van der Waals surface area contributed by atoms with Gasteiger partial charge in [-0.3, -0.25) is 4.79 Å². The number of nitrogens with zero attached hydrogens (tertiary/aromatic N) is 3. The Bertz CT molecular complexity index is 777. The smallest absolute Gasteiger partial charge is 0.343 e. The third-order valence-electron chi connectivity index (χ3n) is 4.61. The van der Waals surface area contributed by atoms with Crippen LogP contribution in [0.5, 0.6) is 0 Å². The molecular formula is C19H23N5O4. The molecule has 0 unspecified atom stereocenters. The fourth-order valence-corrected chi connectivity index (χ4v) is 3.09. The first kappa shape index (κ1) is 19.6. The molecule has 148 valence electrons. The molecule has 3 N–H and O–H groups in total. The van der Waals surface area contributed by atoms with Crippen LogP contribution in [0.1, 0.15) is 29.6 Å². The van der Waals surface area contributed by atoms with Crippen LogP contribution in [0.2, 0.25) is 0 Å². The van der Waals surface area contributed by atoms with Crippen molar-refractivity contribution in [2.45, 2.75) is 25.3 Å². The van der Waals surface area contributed by atoms with Crippen LogP contribution in [-0.2, 0) is 9.68 Å². The fourth-order valence-electron chi connectivity index (χ4n) is 3.09. The Kier molecular flexibility index (Phi) is 6.74. The summed E-state index contributed by atoms with van der Waals surface area (Å²) < 4.78 is 0. The summed E-state index contributed by atoms with van der Waals surface area (Å²) in [7, 11) is 0. The second kappa shape index (κ2) is 9.65. The normalized spacial score (nSPS) is 14.4. The highest BCUT2D eigenvalue weighted by molar-refractivity contribution is 5.94. The lowest BCUT2D eigenvalue weighted by Crippen LogP contribution is -2.39. The number of anilines is 2. The largest absolute Gasteiger partial charge is 0.371 e. The SMILES string of the molecule is O=C(CCNC(=O)c1ccc(N2CCC(Nc3ncccn3)CC2)cc1)OO. The zero-order chi connectivity index (χ0) is 19.8. The first-order valence-electron chi connectivity index (χ1n) is 9.16. The van der Waals surface area contributed by atoms with Gasteiger partial charge in [0, 0.05) is 49.3 Å². The van der Waals surface area contributed by atoms with E-state index in [4.69, 9.17) is 5.26 Å². The molecule has 0 saturated carbocycles. The van der Waals surface area contributed by atoms with Crippen molar-refractivity contribution in [3.05, 3.63) is 48.3 Å².